The molecule has 2 N–H and O–H groups in total. The first-order chi connectivity index (χ1) is 7.22. The summed E-state index contributed by atoms with van der Waals surface area (Å²) in [6.07, 6.45) is 8.53. The van der Waals surface area contributed by atoms with E-state index in [4.69, 9.17) is 0 Å². The molecule has 0 radical (unpaired) electrons. The van der Waals surface area contributed by atoms with Crippen molar-refractivity contribution in [1.29, 1.82) is 0 Å². The van der Waals surface area contributed by atoms with Crippen LogP contribution < -0.4 is 10.6 Å². The van der Waals surface area contributed by atoms with E-state index in [1.54, 1.807) is 0 Å². The predicted octanol–water partition coefficient (Wildman–Crippen LogP) is 1.60. The Kier molecular flexibility index (Phi) is 5.40. The lowest BCUT2D eigenvalue weighted by Gasteiger charge is -2.20. The Morgan fingerprint density at radius 1 is 1.53 bits per heavy atom. The predicted molar refractivity (Wildman–Crippen MR) is 62.7 cm³/mol. The minimum atomic E-state index is 0.121. The van der Waals surface area contributed by atoms with Crippen LogP contribution in [0.2, 0.25) is 0 Å². The summed E-state index contributed by atoms with van der Waals surface area (Å²) in [6, 6.07) is 0.767. The molecule has 0 aromatic carbocycles. The lowest BCUT2D eigenvalue weighted by atomic mass is 10.0. The van der Waals surface area contributed by atoms with Crippen molar-refractivity contribution in [1.82, 2.24) is 10.6 Å². The molecular weight excluding hydrogens is 188 g/mol. The largest absolute Gasteiger partial charge is 0.352 e. The second-order valence-electron chi connectivity index (χ2n) is 4.24. The third-order valence-corrected chi connectivity index (χ3v) is 2.86. The molecule has 1 aliphatic rings. The molecule has 86 valence electrons. The van der Waals surface area contributed by atoms with E-state index in [0.29, 0.717) is 18.6 Å². The fraction of sp³-hybridized carbons (Fsp3) is 0.750. The number of nitrogens with one attached hydrogen (secondary N) is 2. The highest BCUT2D eigenvalue weighted by Gasteiger charge is 2.12. The molecule has 0 fully saturated rings. The Labute approximate surface area is 92.3 Å². The van der Waals surface area contributed by atoms with Crippen LogP contribution in [0.1, 0.15) is 39.5 Å². The third kappa shape index (κ3) is 4.98. The van der Waals surface area contributed by atoms with E-state index >= 15 is 0 Å². The van der Waals surface area contributed by atoms with Gasteiger partial charge in [-0.05, 0) is 32.6 Å². The molecule has 2 unspecified atom stereocenters. The minimum absolute atomic E-state index is 0.121. The fourth-order valence-corrected chi connectivity index (χ4v) is 1.61. The summed E-state index contributed by atoms with van der Waals surface area (Å²) in [4.78, 5) is 11.5. The van der Waals surface area contributed by atoms with Gasteiger partial charge >= 0.3 is 0 Å². The van der Waals surface area contributed by atoms with Crippen LogP contribution in [-0.4, -0.2) is 24.5 Å². The average molecular weight is 210 g/mol. The summed E-state index contributed by atoms with van der Waals surface area (Å²) in [6.45, 7) is 4.65. The van der Waals surface area contributed by atoms with Gasteiger partial charge < -0.3 is 10.6 Å². The van der Waals surface area contributed by atoms with Gasteiger partial charge in [-0.3, -0.25) is 4.79 Å². The van der Waals surface area contributed by atoms with E-state index in [1.807, 2.05) is 0 Å². The van der Waals surface area contributed by atoms with E-state index in [2.05, 4.69) is 36.6 Å². The highest BCUT2D eigenvalue weighted by molar-refractivity contribution is 5.78. The van der Waals surface area contributed by atoms with Crippen LogP contribution in [0.25, 0.3) is 0 Å². The van der Waals surface area contributed by atoms with Crippen LogP contribution in [0.5, 0.6) is 0 Å². The summed E-state index contributed by atoms with van der Waals surface area (Å²) >= 11 is 0. The Balaban J connectivity index is 2.15. The number of hydrogen-bond donors (Lipinski definition) is 2. The van der Waals surface area contributed by atoms with Crippen molar-refractivity contribution in [3.8, 4) is 0 Å². The van der Waals surface area contributed by atoms with E-state index < -0.39 is 0 Å². The van der Waals surface area contributed by atoms with E-state index in [-0.39, 0.29) is 5.91 Å². The van der Waals surface area contributed by atoms with E-state index in [1.165, 1.54) is 0 Å². The van der Waals surface area contributed by atoms with Gasteiger partial charge in [-0.1, -0.05) is 19.1 Å². The van der Waals surface area contributed by atoms with Gasteiger partial charge in [0.05, 0.1) is 6.54 Å². The smallest absolute Gasteiger partial charge is 0.234 e. The summed E-state index contributed by atoms with van der Waals surface area (Å²) in [5.41, 5.74) is 0. The highest BCUT2D eigenvalue weighted by Crippen LogP contribution is 2.09. The van der Waals surface area contributed by atoms with Crippen molar-refractivity contribution in [3.05, 3.63) is 12.2 Å². The van der Waals surface area contributed by atoms with Gasteiger partial charge in [0.25, 0.3) is 0 Å². The van der Waals surface area contributed by atoms with E-state index in [9.17, 15) is 4.79 Å². The van der Waals surface area contributed by atoms with Crippen LogP contribution in [0.15, 0.2) is 12.2 Å². The lowest BCUT2D eigenvalue weighted by molar-refractivity contribution is -0.121. The molecule has 1 amide bonds. The second kappa shape index (κ2) is 6.62. The molecule has 1 aliphatic carbocycles. The zero-order chi connectivity index (χ0) is 11.1. The Hall–Kier alpha value is -0.830. The summed E-state index contributed by atoms with van der Waals surface area (Å²) in [5, 5.41) is 6.24. The van der Waals surface area contributed by atoms with Crippen LogP contribution >= 0.6 is 0 Å². The number of amides is 1. The van der Waals surface area contributed by atoms with Crippen LogP contribution in [-0.2, 0) is 4.79 Å². The quantitative estimate of drug-likeness (QED) is 0.677. The Morgan fingerprint density at radius 2 is 2.33 bits per heavy atom. The zero-order valence-corrected chi connectivity index (χ0v) is 9.75. The van der Waals surface area contributed by atoms with Crippen molar-refractivity contribution in [2.24, 2.45) is 0 Å². The maximum atomic E-state index is 11.5. The maximum Gasteiger partial charge on any atom is 0.234 e. The normalized spacial score (nSPS) is 22.4. The molecule has 0 saturated heterocycles. The molecule has 0 saturated carbocycles. The number of carbonyl (C=O) groups is 1. The maximum absolute atomic E-state index is 11.5. The monoisotopic (exact) mass is 210 g/mol. The first-order valence-electron chi connectivity index (χ1n) is 5.90. The van der Waals surface area contributed by atoms with Gasteiger partial charge in [0, 0.05) is 12.1 Å². The standard InChI is InChI=1S/C12H22N2O/c1-3-10(2)13-9-12(15)14-11-7-5-4-6-8-11/h4-5,10-11,13H,3,6-9H2,1-2H3,(H,14,15). The minimum Gasteiger partial charge on any atom is -0.352 e. The van der Waals surface area contributed by atoms with E-state index in [0.717, 1.165) is 25.7 Å². The van der Waals surface area contributed by atoms with Crippen molar-refractivity contribution in [2.45, 2.75) is 51.6 Å². The molecule has 0 bridgehead atoms. The topological polar surface area (TPSA) is 41.1 Å². The van der Waals surface area contributed by atoms with Crippen LogP contribution in [0.3, 0.4) is 0 Å². The lowest BCUT2D eigenvalue weighted by Crippen LogP contribution is -2.42. The SMILES string of the molecule is CCC(C)NCC(=O)NC1CC=CCC1. The van der Waals surface area contributed by atoms with Gasteiger partial charge in [-0.15, -0.1) is 0 Å². The highest BCUT2D eigenvalue weighted by atomic mass is 16.1. The van der Waals surface area contributed by atoms with Crippen molar-refractivity contribution in [3.63, 3.8) is 0 Å². The number of allylic oxidation sites excluding steroid dienone is 1. The third-order valence-electron chi connectivity index (χ3n) is 2.86. The Bertz CT molecular complexity index is 226. The van der Waals surface area contributed by atoms with Gasteiger partial charge in [0.15, 0.2) is 0 Å². The molecule has 2 atom stereocenters. The zero-order valence-electron chi connectivity index (χ0n) is 9.75. The Morgan fingerprint density at radius 3 is 2.93 bits per heavy atom. The first kappa shape index (κ1) is 12.2. The fourth-order valence-electron chi connectivity index (χ4n) is 1.61. The number of carbonyl (C=O) groups excluding carboxylic acids is 1. The van der Waals surface area contributed by atoms with Crippen molar-refractivity contribution in [2.75, 3.05) is 6.54 Å². The molecule has 3 nitrogen and oxygen atoms in total. The van der Waals surface area contributed by atoms with Gasteiger partial charge in [-0.25, -0.2) is 0 Å². The van der Waals surface area contributed by atoms with Crippen molar-refractivity contribution < 1.29 is 4.79 Å². The molecular formula is C12H22N2O. The summed E-state index contributed by atoms with van der Waals surface area (Å²) in [5.74, 6) is 0.121. The van der Waals surface area contributed by atoms with Gasteiger partial charge in [0.1, 0.15) is 0 Å². The van der Waals surface area contributed by atoms with Gasteiger partial charge in [-0.2, -0.15) is 0 Å². The summed E-state index contributed by atoms with van der Waals surface area (Å²) < 4.78 is 0. The average Bonchev–Trinajstić information content (AvgIpc) is 2.27. The molecule has 0 heterocycles. The molecule has 3 heteroatoms. The van der Waals surface area contributed by atoms with Crippen LogP contribution in [0, 0.1) is 0 Å². The second-order valence-corrected chi connectivity index (χ2v) is 4.24. The number of hydrogen-bond acceptors (Lipinski definition) is 2. The molecule has 15 heavy (non-hydrogen) atoms. The molecule has 0 aromatic heterocycles. The van der Waals surface area contributed by atoms with Crippen molar-refractivity contribution >= 4 is 5.91 Å². The molecule has 0 aromatic rings. The molecule has 0 aliphatic heterocycles. The molecule has 0 spiro atoms. The molecule has 1 rings (SSSR count). The van der Waals surface area contributed by atoms with Gasteiger partial charge in [0.2, 0.25) is 5.91 Å². The summed E-state index contributed by atoms with van der Waals surface area (Å²) in [7, 11) is 0. The number of rotatable bonds is 5. The first-order valence-corrected chi connectivity index (χ1v) is 5.90. The van der Waals surface area contributed by atoms with Crippen LogP contribution in [0.4, 0.5) is 0 Å².